The number of hydrogen-bond acceptors (Lipinski definition) is 3. The zero-order valence-electron chi connectivity index (χ0n) is 10.8. The first-order valence-electron chi connectivity index (χ1n) is 6.52. The lowest BCUT2D eigenvalue weighted by Gasteiger charge is -2.19. The van der Waals surface area contributed by atoms with Crippen molar-refractivity contribution in [2.45, 2.75) is 25.7 Å². The molecule has 4 nitrogen and oxygen atoms in total. The molecule has 0 atom stereocenters. The van der Waals surface area contributed by atoms with E-state index in [9.17, 15) is 9.59 Å². The molecule has 0 spiro atoms. The van der Waals surface area contributed by atoms with Crippen molar-refractivity contribution >= 4 is 11.7 Å². The Morgan fingerprint density at radius 3 is 2.63 bits per heavy atom. The minimum atomic E-state index is -0.0697. The number of rotatable bonds is 3. The van der Waals surface area contributed by atoms with Gasteiger partial charge in [0.2, 0.25) is 5.91 Å². The molecule has 98 valence electrons. The molecule has 0 N–H and O–H groups in total. The van der Waals surface area contributed by atoms with Crippen molar-refractivity contribution in [2.75, 3.05) is 13.1 Å². The summed E-state index contributed by atoms with van der Waals surface area (Å²) in [5, 5.41) is 8.71. The van der Waals surface area contributed by atoms with E-state index in [1.54, 1.807) is 29.2 Å². The van der Waals surface area contributed by atoms with Gasteiger partial charge in [-0.1, -0.05) is 18.6 Å². The van der Waals surface area contributed by atoms with Crippen LogP contribution in [0.4, 0.5) is 0 Å². The fourth-order valence-electron chi connectivity index (χ4n) is 2.20. The first-order valence-corrected chi connectivity index (χ1v) is 6.52. The van der Waals surface area contributed by atoms with Crippen LogP contribution in [0.3, 0.4) is 0 Å². The number of nitriles is 1. The van der Waals surface area contributed by atoms with Gasteiger partial charge in [0, 0.05) is 18.5 Å². The molecule has 0 bridgehead atoms. The Bertz CT molecular complexity index is 514. The number of hydrogen-bond donors (Lipinski definition) is 0. The summed E-state index contributed by atoms with van der Waals surface area (Å²) >= 11 is 0. The summed E-state index contributed by atoms with van der Waals surface area (Å²) in [6, 6.07) is 8.54. The number of nitrogens with zero attached hydrogens (tertiary/aromatic N) is 2. The van der Waals surface area contributed by atoms with Gasteiger partial charge in [0.05, 0.1) is 18.2 Å². The van der Waals surface area contributed by atoms with Crippen LogP contribution >= 0.6 is 0 Å². The summed E-state index contributed by atoms with van der Waals surface area (Å²) in [6.45, 7) is 0.811. The molecule has 0 aliphatic carbocycles. The average molecular weight is 256 g/mol. The van der Waals surface area contributed by atoms with E-state index in [0.29, 0.717) is 24.1 Å². The summed E-state index contributed by atoms with van der Waals surface area (Å²) in [6.07, 6.45) is 3.47. The number of likely N-dealkylation sites (tertiary alicyclic amines) is 1. The van der Waals surface area contributed by atoms with Gasteiger partial charge in [-0.05, 0) is 25.0 Å². The monoisotopic (exact) mass is 256 g/mol. The maximum atomic E-state index is 12.1. The Hall–Kier alpha value is -2.15. The third-order valence-corrected chi connectivity index (χ3v) is 3.34. The quantitative estimate of drug-likeness (QED) is 0.778. The second kappa shape index (κ2) is 6.14. The van der Waals surface area contributed by atoms with E-state index in [1.165, 1.54) is 0 Å². The zero-order chi connectivity index (χ0) is 13.7. The van der Waals surface area contributed by atoms with Crippen molar-refractivity contribution in [3.63, 3.8) is 0 Å². The molecule has 0 radical (unpaired) electrons. The topological polar surface area (TPSA) is 61.2 Å². The minimum Gasteiger partial charge on any atom is -0.335 e. The number of carbonyl (C=O) groups excluding carboxylic acids is 2. The highest BCUT2D eigenvalue weighted by atomic mass is 16.2. The van der Waals surface area contributed by atoms with Crippen LogP contribution in [0.5, 0.6) is 0 Å². The molecule has 4 heteroatoms. The lowest BCUT2D eigenvalue weighted by molar-refractivity contribution is -0.130. The second-order valence-corrected chi connectivity index (χ2v) is 4.74. The Balaban J connectivity index is 2.03. The number of amides is 1. The fourth-order valence-corrected chi connectivity index (χ4v) is 2.20. The molecule has 1 aliphatic heterocycles. The molecule has 1 aliphatic rings. The summed E-state index contributed by atoms with van der Waals surface area (Å²) < 4.78 is 0. The van der Waals surface area contributed by atoms with E-state index in [2.05, 4.69) is 0 Å². The van der Waals surface area contributed by atoms with Crippen LogP contribution < -0.4 is 0 Å². The van der Waals surface area contributed by atoms with Gasteiger partial charge in [0.1, 0.15) is 0 Å². The molecule has 0 saturated carbocycles. The predicted octanol–water partition coefficient (Wildman–Crippen LogP) is 2.14. The molecule has 2 rings (SSSR count). The normalized spacial score (nSPS) is 15.7. The highest BCUT2D eigenvalue weighted by molar-refractivity contribution is 5.99. The lowest BCUT2D eigenvalue weighted by atomic mass is 10.1. The lowest BCUT2D eigenvalue weighted by Crippen LogP contribution is -2.35. The Morgan fingerprint density at radius 2 is 1.95 bits per heavy atom. The largest absolute Gasteiger partial charge is 0.335 e. The van der Waals surface area contributed by atoms with Crippen LogP contribution in [0.2, 0.25) is 0 Å². The number of benzene rings is 1. The summed E-state index contributed by atoms with van der Waals surface area (Å²) in [4.78, 5) is 25.6. The van der Waals surface area contributed by atoms with Crippen LogP contribution in [0.15, 0.2) is 24.3 Å². The van der Waals surface area contributed by atoms with E-state index in [4.69, 9.17) is 5.26 Å². The Kier molecular flexibility index (Phi) is 4.30. The molecular formula is C15H16N2O2. The molecule has 1 heterocycles. The van der Waals surface area contributed by atoms with Gasteiger partial charge in [-0.3, -0.25) is 9.59 Å². The first kappa shape index (κ1) is 13.3. The van der Waals surface area contributed by atoms with E-state index < -0.39 is 0 Å². The summed E-state index contributed by atoms with van der Waals surface area (Å²) in [5.74, 6) is -0.000709. The average Bonchev–Trinajstić information content (AvgIpc) is 2.64. The highest BCUT2D eigenvalue weighted by Crippen LogP contribution is 2.12. The number of carbonyl (C=O) groups is 2. The van der Waals surface area contributed by atoms with Crippen LogP contribution in [0.25, 0.3) is 0 Å². The molecule has 1 saturated heterocycles. The molecule has 19 heavy (non-hydrogen) atoms. The van der Waals surface area contributed by atoms with Crippen LogP contribution in [0, 0.1) is 11.3 Å². The van der Waals surface area contributed by atoms with Gasteiger partial charge in [-0.15, -0.1) is 0 Å². The van der Waals surface area contributed by atoms with Gasteiger partial charge in [0.15, 0.2) is 5.78 Å². The van der Waals surface area contributed by atoms with E-state index in [1.807, 2.05) is 6.07 Å². The third kappa shape index (κ3) is 3.41. The molecule has 1 amide bonds. The molecule has 1 fully saturated rings. The van der Waals surface area contributed by atoms with Crippen LogP contribution in [0.1, 0.15) is 41.6 Å². The SMILES string of the molecule is N#Cc1ccc(C(=O)CN2CCCCCC2=O)cc1. The standard InChI is InChI=1S/C15H16N2O2/c16-10-12-5-7-13(8-6-12)14(18)11-17-9-3-1-2-4-15(17)19/h5-8H,1-4,9,11H2. The smallest absolute Gasteiger partial charge is 0.222 e. The third-order valence-electron chi connectivity index (χ3n) is 3.34. The highest BCUT2D eigenvalue weighted by Gasteiger charge is 2.19. The Morgan fingerprint density at radius 1 is 1.21 bits per heavy atom. The fraction of sp³-hybridized carbons (Fsp3) is 0.400. The van der Waals surface area contributed by atoms with Gasteiger partial charge in [-0.2, -0.15) is 5.26 Å². The molecule has 1 aromatic rings. The number of ketones is 1. The maximum Gasteiger partial charge on any atom is 0.222 e. The van der Waals surface area contributed by atoms with Gasteiger partial charge in [0.25, 0.3) is 0 Å². The van der Waals surface area contributed by atoms with Crippen molar-refractivity contribution in [3.05, 3.63) is 35.4 Å². The van der Waals surface area contributed by atoms with Crippen molar-refractivity contribution in [2.24, 2.45) is 0 Å². The Labute approximate surface area is 112 Å². The van der Waals surface area contributed by atoms with Crippen molar-refractivity contribution < 1.29 is 9.59 Å². The van der Waals surface area contributed by atoms with Crippen molar-refractivity contribution in [3.8, 4) is 6.07 Å². The summed E-state index contributed by atoms with van der Waals surface area (Å²) in [7, 11) is 0. The van der Waals surface area contributed by atoms with E-state index in [0.717, 1.165) is 19.3 Å². The molecular weight excluding hydrogens is 240 g/mol. The van der Waals surface area contributed by atoms with Crippen molar-refractivity contribution in [1.29, 1.82) is 5.26 Å². The molecule has 0 aromatic heterocycles. The van der Waals surface area contributed by atoms with E-state index >= 15 is 0 Å². The van der Waals surface area contributed by atoms with Crippen LogP contribution in [-0.4, -0.2) is 29.7 Å². The molecule has 0 unspecified atom stereocenters. The molecule has 1 aromatic carbocycles. The van der Waals surface area contributed by atoms with Gasteiger partial charge < -0.3 is 4.90 Å². The van der Waals surface area contributed by atoms with E-state index in [-0.39, 0.29) is 18.2 Å². The first-order chi connectivity index (χ1) is 9.20. The van der Waals surface area contributed by atoms with Crippen LogP contribution in [-0.2, 0) is 4.79 Å². The summed E-state index contributed by atoms with van der Waals surface area (Å²) in [5.41, 5.74) is 1.08. The maximum absolute atomic E-state index is 12.1. The van der Waals surface area contributed by atoms with Crippen molar-refractivity contribution in [1.82, 2.24) is 4.90 Å². The minimum absolute atomic E-state index is 0.0690. The predicted molar refractivity (Wildman–Crippen MR) is 70.5 cm³/mol. The van der Waals surface area contributed by atoms with Gasteiger partial charge >= 0.3 is 0 Å². The zero-order valence-corrected chi connectivity index (χ0v) is 10.8. The van der Waals surface area contributed by atoms with Gasteiger partial charge in [-0.25, -0.2) is 0 Å². The second-order valence-electron chi connectivity index (χ2n) is 4.74. The number of Topliss-reactive ketones (excluding diaryl/α,β-unsaturated/α-hetero) is 1.